The molecule has 3 rings (SSSR count). The Morgan fingerprint density at radius 2 is 1.81 bits per heavy atom. The molecule has 26 heavy (non-hydrogen) atoms. The molecular formula is C19H13F3N2O2. The lowest BCUT2D eigenvalue weighted by Gasteiger charge is -2.17. The number of carbonyl (C=O) groups excluding carboxylic acids is 1. The molecule has 0 aliphatic carbocycles. The first-order valence-corrected chi connectivity index (χ1v) is 7.72. The van der Waals surface area contributed by atoms with E-state index in [1.54, 1.807) is 0 Å². The van der Waals surface area contributed by atoms with Crippen LogP contribution >= 0.6 is 0 Å². The smallest absolute Gasteiger partial charge is 0.247 e. The zero-order valence-corrected chi connectivity index (χ0v) is 13.4. The summed E-state index contributed by atoms with van der Waals surface area (Å²) in [6.07, 6.45) is 2.30. The summed E-state index contributed by atoms with van der Waals surface area (Å²) >= 11 is 0. The molecule has 1 atom stereocenters. The zero-order valence-electron chi connectivity index (χ0n) is 13.4. The molecule has 0 fully saturated rings. The molecule has 1 N–H and O–H groups in total. The second-order valence-corrected chi connectivity index (χ2v) is 5.69. The number of aromatic nitrogens is 2. The van der Waals surface area contributed by atoms with Crippen molar-refractivity contribution in [2.24, 2.45) is 0 Å². The highest BCUT2D eigenvalue weighted by Gasteiger charge is 2.24. The summed E-state index contributed by atoms with van der Waals surface area (Å²) in [7, 11) is 0. The number of hydrogen-bond acceptors (Lipinski definition) is 3. The molecule has 0 aliphatic heterocycles. The number of aromatic amines is 1. The number of Topliss-reactive ketones (excluding diaryl/α,β-unsaturated/α-hetero) is 1. The Morgan fingerprint density at radius 1 is 1.08 bits per heavy atom. The van der Waals surface area contributed by atoms with Gasteiger partial charge in [-0.25, -0.2) is 13.2 Å². The average molecular weight is 358 g/mol. The lowest BCUT2D eigenvalue weighted by molar-refractivity contribution is 0.0976. The van der Waals surface area contributed by atoms with Crippen LogP contribution in [0.5, 0.6) is 0 Å². The first-order valence-electron chi connectivity index (χ1n) is 7.72. The van der Waals surface area contributed by atoms with Gasteiger partial charge in [0.05, 0.1) is 5.69 Å². The fraction of sp³-hybridized carbons (Fsp3) is 0.105. The van der Waals surface area contributed by atoms with Crippen LogP contribution in [0.15, 0.2) is 59.7 Å². The Morgan fingerprint density at radius 3 is 2.42 bits per heavy atom. The third-order valence-corrected chi connectivity index (χ3v) is 3.90. The van der Waals surface area contributed by atoms with Gasteiger partial charge in [-0.3, -0.25) is 14.6 Å². The monoisotopic (exact) mass is 358 g/mol. The number of hydrogen-bond donors (Lipinski definition) is 1. The van der Waals surface area contributed by atoms with Crippen molar-refractivity contribution in [3.8, 4) is 0 Å². The van der Waals surface area contributed by atoms with E-state index in [9.17, 15) is 22.8 Å². The van der Waals surface area contributed by atoms with Gasteiger partial charge in [-0.05, 0) is 35.9 Å². The number of pyridine rings is 2. The van der Waals surface area contributed by atoms with Crippen molar-refractivity contribution < 1.29 is 18.0 Å². The molecule has 0 radical (unpaired) electrons. The predicted octanol–water partition coefficient (Wildman–Crippen LogP) is 3.59. The molecule has 3 aromatic rings. The Kier molecular flexibility index (Phi) is 4.97. The van der Waals surface area contributed by atoms with Gasteiger partial charge in [-0.15, -0.1) is 0 Å². The third-order valence-electron chi connectivity index (χ3n) is 3.90. The Balaban J connectivity index is 2.03. The SMILES string of the molecule is O=C(C[C@@H](c1cc(F)cc(F)c1)c1ncccc1F)c1ccc(=O)[nH]c1. The summed E-state index contributed by atoms with van der Waals surface area (Å²) in [4.78, 5) is 30.0. The molecule has 1 aromatic carbocycles. The van der Waals surface area contributed by atoms with E-state index >= 15 is 0 Å². The summed E-state index contributed by atoms with van der Waals surface area (Å²) in [6.45, 7) is 0. The maximum Gasteiger partial charge on any atom is 0.247 e. The van der Waals surface area contributed by atoms with E-state index in [0.29, 0.717) is 6.07 Å². The predicted molar refractivity (Wildman–Crippen MR) is 88.4 cm³/mol. The maximum absolute atomic E-state index is 14.2. The number of nitrogens with zero attached hydrogens (tertiary/aromatic N) is 1. The van der Waals surface area contributed by atoms with Gasteiger partial charge >= 0.3 is 0 Å². The molecule has 7 heteroatoms. The van der Waals surface area contributed by atoms with Gasteiger partial charge in [0, 0.05) is 42.4 Å². The highest BCUT2D eigenvalue weighted by molar-refractivity contribution is 5.96. The maximum atomic E-state index is 14.2. The van der Waals surface area contributed by atoms with Crippen molar-refractivity contribution in [3.05, 3.63) is 99.5 Å². The largest absolute Gasteiger partial charge is 0.328 e. The van der Waals surface area contributed by atoms with Crippen molar-refractivity contribution in [2.75, 3.05) is 0 Å². The molecule has 0 spiro atoms. The van der Waals surface area contributed by atoms with E-state index in [1.807, 2.05) is 0 Å². The summed E-state index contributed by atoms with van der Waals surface area (Å²) in [5, 5.41) is 0. The normalized spacial score (nSPS) is 12.0. The van der Waals surface area contributed by atoms with E-state index < -0.39 is 29.2 Å². The molecule has 4 nitrogen and oxygen atoms in total. The van der Waals surface area contributed by atoms with Crippen LogP contribution in [0.4, 0.5) is 13.2 Å². The van der Waals surface area contributed by atoms with E-state index in [-0.39, 0.29) is 28.8 Å². The number of ketones is 1. The summed E-state index contributed by atoms with van der Waals surface area (Å²) < 4.78 is 41.5. The molecular weight excluding hydrogens is 345 g/mol. The standard InChI is InChI=1S/C19H13F3N2O2/c20-13-6-12(7-14(21)8-13)15(19-16(22)2-1-5-23-19)9-17(25)11-3-4-18(26)24-10-11/h1-8,10,15H,9H2,(H,24,26)/t15-/m0/s1. The number of rotatable bonds is 5. The molecule has 132 valence electrons. The highest BCUT2D eigenvalue weighted by atomic mass is 19.1. The topological polar surface area (TPSA) is 62.8 Å². The van der Waals surface area contributed by atoms with Crippen molar-refractivity contribution in [2.45, 2.75) is 12.3 Å². The van der Waals surface area contributed by atoms with E-state index in [4.69, 9.17) is 0 Å². The Hall–Kier alpha value is -3.22. The van der Waals surface area contributed by atoms with Crippen LogP contribution in [-0.4, -0.2) is 15.8 Å². The minimum Gasteiger partial charge on any atom is -0.328 e. The lowest BCUT2D eigenvalue weighted by atomic mass is 9.88. The van der Waals surface area contributed by atoms with Gasteiger partial charge in [0.1, 0.15) is 17.5 Å². The number of H-pyrrole nitrogens is 1. The lowest BCUT2D eigenvalue weighted by Crippen LogP contribution is -2.14. The van der Waals surface area contributed by atoms with Gasteiger partial charge in [0.25, 0.3) is 0 Å². The molecule has 0 saturated heterocycles. The third kappa shape index (κ3) is 3.88. The fourth-order valence-corrected chi connectivity index (χ4v) is 2.69. The summed E-state index contributed by atoms with van der Waals surface area (Å²) in [5.74, 6) is -3.77. The zero-order chi connectivity index (χ0) is 18.7. The van der Waals surface area contributed by atoms with Crippen LogP contribution in [0, 0.1) is 17.5 Å². The molecule has 2 heterocycles. The van der Waals surface area contributed by atoms with Crippen LogP contribution < -0.4 is 5.56 Å². The molecule has 0 saturated carbocycles. The second kappa shape index (κ2) is 7.35. The molecule has 0 bridgehead atoms. The van der Waals surface area contributed by atoms with Gasteiger partial charge < -0.3 is 4.98 Å². The minimum absolute atomic E-state index is 0.0877. The Bertz CT molecular complexity index is 977. The number of halogens is 3. The molecule has 2 aromatic heterocycles. The molecule has 0 aliphatic rings. The highest BCUT2D eigenvalue weighted by Crippen LogP contribution is 2.30. The molecule has 0 unspecified atom stereocenters. The van der Waals surface area contributed by atoms with Gasteiger partial charge in [-0.2, -0.15) is 0 Å². The van der Waals surface area contributed by atoms with Gasteiger partial charge in [-0.1, -0.05) is 0 Å². The summed E-state index contributed by atoms with van der Waals surface area (Å²) in [5.41, 5.74) is -0.169. The molecule has 0 amide bonds. The van der Waals surface area contributed by atoms with E-state index in [1.165, 1.54) is 30.6 Å². The van der Waals surface area contributed by atoms with Crippen molar-refractivity contribution >= 4 is 5.78 Å². The van der Waals surface area contributed by atoms with Crippen LogP contribution in [0.3, 0.4) is 0 Å². The van der Waals surface area contributed by atoms with Crippen LogP contribution in [0.1, 0.15) is 34.0 Å². The number of nitrogens with one attached hydrogen (secondary N) is 1. The first kappa shape index (κ1) is 17.6. The van der Waals surface area contributed by atoms with Gasteiger partial charge in [0.15, 0.2) is 5.78 Å². The quantitative estimate of drug-likeness (QED) is 0.709. The minimum atomic E-state index is -0.985. The average Bonchev–Trinajstić information content (AvgIpc) is 2.60. The second-order valence-electron chi connectivity index (χ2n) is 5.69. The van der Waals surface area contributed by atoms with Crippen LogP contribution in [-0.2, 0) is 0 Å². The van der Waals surface area contributed by atoms with Crippen molar-refractivity contribution in [1.29, 1.82) is 0 Å². The fourth-order valence-electron chi connectivity index (χ4n) is 2.69. The van der Waals surface area contributed by atoms with Crippen molar-refractivity contribution in [1.82, 2.24) is 9.97 Å². The van der Waals surface area contributed by atoms with Crippen LogP contribution in [0.25, 0.3) is 0 Å². The van der Waals surface area contributed by atoms with Crippen LogP contribution in [0.2, 0.25) is 0 Å². The Labute approximate surface area is 146 Å². The number of benzene rings is 1. The van der Waals surface area contributed by atoms with E-state index in [2.05, 4.69) is 9.97 Å². The van der Waals surface area contributed by atoms with Gasteiger partial charge in [0.2, 0.25) is 5.56 Å². The summed E-state index contributed by atoms with van der Waals surface area (Å²) in [6, 6.07) is 7.84. The van der Waals surface area contributed by atoms with Crippen molar-refractivity contribution in [3.63, 3.8) is 0 Å². The van der Waals surface area contributed by atoms with E-state index in [0.717, 1.165) is 18.2 Å². The number of carbonyl (C=O) groups is 1. The first-order chi connectivity index (χ1) is 12.4.